The van der Waals surface area contributed by atoms with Gasteiger partial charge in [0.1, 0.15) is 0 Å². The summed E-state index contributed by atoms with van der Waals surface area (Å²) in [6, 6.07) is 9.87. The van der Waals surface area contributed by atoms with E-state index in [0.717, 1.165) is 0 Å². The fourth-order valence-corrected chi connectivity index (χ4v) is 3.92. The number of ether oxygens (including phenoxy) is 1. The van der Waals surface area contributed by atoms with E-state index in [1.807, 2.05) is 7.11 Å². The summed E-state index contributed by atoms with van der Waals surface area (Å²) in [6.45, 7) is 4.75. The van der Waals surface area contributed by atoms with Crippen LogP contribution in [-0.2, 0) is 11.2 Å². The van der Waals surface area contributed by atoms with Gasteiger partial charge in [0.05, 0.1) is 6.10 Å². The van der Waals surface area contributed by atoms with Gasteiger partial charge in [-0.3, -0.25) is 0 Å². The summed E-state index contributed by atoms with van der Waals surface area (Å²) in [5, 5.41) is 3.90. The average molecular weight is 259 g/mol. The van der Waals surface area contributed by atoms with E-state index in [1.54, 1.807) is 0 Å². The van der Waals surface area contributed by atoms with Crippen LogP contribution in [0.3, 0.4) is 0 Å². The van der Waals surface area contributed by atoms with Crippen LogP contribution in [0.2, 0.25) is 0 Å². The molecule has 0 amide bonds. The van der Waals surface area contributed by atoms with Crippen LogP contribution in [-0.4, -0.2) is 19.3 Å². The van der Waals surface area contributed by atoms with E-state index in [0.29, 0.717) is 23.6 Å². The highest BCUT2D eigenvalue weighted by atomic mass is 16.5. The van der Waals surface area contributed by atoms with Crippen LogP contribution < -0.4 is 5.32 Å². The minimum Gasteiger partial charge on any atom is -0.380 e. The van der Waals surface area contributed by atoms with Crippen molar-refractivity contribution in [2.24, 2.45) is 5.41 Å². The standard InChI is InChI=1S/C17H25NO/c1-17(2)11-12-7-4-5-8-13(12)16(17)18-14-9-6-10-15(14)19-3/h4-5,7-8,14-16,18H,6,9-11H2,1-3H3. The number of rotatable bonds is 3. The number of hydrogen-bond donors (Lipinski definition) is 1. The minimum atomic E-state index is 0.296. The van der Waals surface area contributed by atoms with Crippen molar-refractivity contribution in [3.8, 4) is 0 Å². The molecule has 3 atom stereocenters. The van der Waals surface area contributed by atoms with Crippen molar-refractivity contribution in [2.75, 3.05) is 7.11 Å². The summed E-state index contributed by atoms with van der Waals surface area (Å²) < 4.78 is 5.63. The van der Waals surface area contributed by atoms with Gasteiger partial charge < -0.3 is 10.1 Å². The smallest absolute Gasteiger partial charge is 0.0724 e. The molecule has 0 heterocycles. The second-order valence-corrected chi connectivity index (χ2v) is 6.78. The molecule has 104 valence electrons. The van der Waals surface area contributed by atoms with Gasteiger partial charge in [-0.25, -0.2) is 0 Å². The number of hydrogen-bond acceptors (Lipinski definition) is 2. The fraction of sp³-hybridized carbons (Fsp3) is 0.647. The Morgan fingerprint density at radius 3 is 2.79 bits per heavy atom. The second kappa shape index (κ2) is 4.92. The topological polar surface area (TPSA) is 21.3 Å². The Bertz CT molecular complexity index is 454. The average Bonchev–Trinajstić information content (AvgIpc) is 2.92. The number of nitrogens with one attached hydrogen (secondary N) is 1. The van der Waals surface area contributed by atoms with Gasteiger partial charge in [-0.05, 0) is 42.2 Å². The molecule has 2 heteroatoms. The molecule has 0 spiro atoms. The van der Waals surface area contributed by atoms with Crippen molar-refractivity contribution in [1.29, 1.82) is 0 Å². The van der Waals surface area contributed by atoms with Crippen LogP contribution in [0.5, 0.6) is 0 Å². The van der Waals surface area contributed by atoms with Gasteiger partial charge in [0.25, 0.3) is 0 Å². The molecule has 1 fully saturated rings. The van der Waals surface area contributed by atoms with Crippen molar-refractivity contribution in [3.63, 3.8) is 0 Å². The summed E-state index contributed by atoms with van der Waals surface area (Å²) >= 11 is 0. The Kier molecular flexibility index (Phi) is 3.40. The van der Waals surface area contributed by atoms with Crippen molar-refractivity contribution >= 4 is 0 Å². The summed E-state index contributed by atoms with van der Waals surface area (Å²) in [5.74, 6) is 0. The highest BCUT2D eigenvalue weighted by molar-refractivity contribution is 5.37. The van der Waals surface area contributed by atoms with Gasteiger partial charge in [-0.2, -0.15) is 0 Å². The third kappa shape index (κ3) is 2.32. The van der Waals surface area contributed by atoms with Gasteiger partial charge in [0.15, 0.2) is 0 Å². The molecular weight excluding hydrogens is 234 g/mol. The lowest BCUT2D eigenvalue weighted by Crippen LogP contribution is -2.42. The molecule has 3 rings (SSSR count). The molecule has 1 aromatic carbocycles. The lowest BCUT2D eigenvalue weighted by molar-refractivity contribution is 0.0739. The van der Waals surface area contributed by atoms with E-state index in [4.69, 9.17) is 4.74 Å². The highest BCUT2D eigenvalue weighted by Crippen LogP contribution is 2.45. The van der Waals surface area contributed by atoms with Gasteiger partial charge >= 0.3 is 0 Å². The van der Waals surface area contributed by atoms with E-state index in [-0.39, 0.29) is 0 Å². The molecule has 0 aliphatic heterocycles. The van der Waals surface area contributed by atoms with Crippen molar-refractivity contribution in [2.45, 2.75) is 57.7 Å². The van der Waals surface area contributed by atoms with E-state index in [1.165, 1.54) is 36.8 Å². The predicted molar refractivity (Wildman–Crippen MR) is 78.2 cm³/mol. The molecule has 1 aromatic rings. The van der Waals surface area contributed by atoms with E-state index < -0.39 is 0 Å². The molecule has 0 aromatic heterocycles. The molecule has 3 unspecified atom stereocenters. The van der Waals surface area contributed by atoms with Crippen molar-refractivity contribution in [3.05, 3.63) is 35.4 Å². The van der Waals surface area contributed by atoms with Gasteiger partial charge in [0, 0.05) is 19.2 Å². The molecular formula is C17H25NO. The molecule has 1 saturated carbocycles. The molecule has 2 nitrogen and oxygen atoms in total. The number of benzene rings is 1. The first-order valence-corrected chi connectivity index (χ1v) is 7.48. The predicted octanol–water partition coefficient (Wildman–Crippen LogP) is 3.47. The fourth-order valence-electron chi connectivity index (χ4n) is 3.92. The van der Waals surface area contributed by atoms with Gasteiger partial charge in [-0.15, -0.1) is 0 Å². The van der Waals surface area contributed by atoms with Crippen molar-refractivity contribution < 1.29 is 4.74 Å². The molecule has 2 aliphatic rings. The zero-order valence-corrected chi connectivity index (χ0v) is 12.3. The van der Waals surface area contributed by atoms with E-state index in [2.05, 4.69) is 43.4 Å². The second-order valence-electron chi connectivity index (χ2n) is 6.78. The Balaban J connectivity index is 1.83. The van der Waals surface area contributed by atoms with Crippen LogP contribution in [0, 0.1) is 5.41 Å². The van der Waals surface area contributed by atoms with Crippen molar-refractivity contribution in [1.82, 2.24) is 5.32 Å². The summed E-state index contributed by atoms with van der Waals surface area (Å²) in [6.07, 6.45) is 5.29. The molecule has 2 aliphatic carbocycles. The summed E-state index contributed by atoms with van der Waals surface area (Å²) in [7, 11) is 1.85. The zero-order chi connectivity index (χ0) is 13.5. The van der Waals surface area contributed by atoms with Crippen LogP contribution in [0.15, 0.2) is 24.3 Å². The maximum Gasteiger partial charge on any atom is 0.0724 e. The Hall–Kier alpha value is -0.860. The van der Waals surface area contributed by atoms with Crippen LogP contribution >= 0.6 is 0 Å². The maximum absolute atomic E-state index is 5.63. The van der Waals surface area contributed by atoms with Gasteiger partial charge in [-0.1, -0.05) is 38.1 Å². The molecule has 0 bridgehead atoms. The van der Waals surface area contributed by atoms with E-state index >= 15 is 0 Å². The Morgan fingerprint density at radius 2 is 2.00 bits per heavy atom. The maximum atomic E-state index is 5.63. The van der Waals surface area contributed by atoms with E-state index in [9.17, 15) is 0 Å². The lowest BCUT2D eigenvalue weighted by Gasteiger charge is -2.33. The lowest BCUT2D eigenvalue weighted by atomic mass is 9.84. The molecule has 0 saturated heterocycles. The number of fused-ring (bicyclic) bond motifs is 1. The molecule has 0 radical (unpaired) electrons. The Labute approximate surface area is 116 Å². The summed E-state index contributed by atoms with van der Waals surface area (Å²) in [5.41, 5.74) is 3.30. The van der Waals surface area contributed by atoms with Crippen LogP contribution in [0.25, 0.3) is 0 Å². The monoisotopic (exact) mass is 259 g/mol. The minimum absolute atomic E-state index is 0.296. The molecule has 19 heavy (non-hydrogen) atoms. The normalized spacial score (nSPS) is 32.5. The van der Waals surface area contributed by atoms with Gasteiger partial charge in [0.2, 0.25) is 0 Å². The first-order valence-electron chi connectivity index (χ1n) is 7.48. The SMILES string of the molecule is COC1CCCC1NC1c2ccccc2CC1(C)C. The number of methoxy groups -OCH3 is 1. The first-order chi connectivity index (χ1) is 9.12. The van der Waals surface area contributed by atoms with Crippen LogP contribution in [0.4, 0.5) is 0 Å². The quantitative estimate of drug-likeness (QED) is 0.897. The third-order valence-electron chi connectivity index (χ3n) is 4.93. The largest absolute Gasteiger partial charge is 0.380 e. The highest BCUT2D eigenvalue weighted by Gasteiger charge is 2.41. The zero-order valence-electron chi connectivity index (χ0n) is 12.3. The van der Waals surface area contributed by atoms with Crippen LogP contribution in [0.1, 0.15) is 50.3 Å². The Morgan fingerprint density at radius 1 is 1.21 bits per heavy atom. The summed E-state index contributed by atoms with van der Waals surface area (Å²) in [4.78, 5) is 0. The third-order valence-corrected chi connectivity index (χ3v) is 4.93. The first kappa shape index (κ1) is 13.1. The molecule has 1 N–H and O–H groups in total.